The van der Waals surface area contributed by atoms with Crippen molar-refractivity contribution in [3.63, 3.8) is 0 Å². The molecular weight excluding hydrogens is 360 g/mol. The van der Waals surface area contributed by atoms with E-state index in [2.05, 4.69) is 42.3 Å². The maximum atomic E-state index is 11.6. The summed E-state index contributed by atoms with van der Waals surface area (Å²) in [5.74, 6) is 0.0227. The summed E-state index contributed by atoms with van der Waals surface area (Å²) in [5.41, 5.74) is 5.15. The zero-order valence-corrected chi connectivity index (χ0v) is 16.5. The lowest BCUT2D eigenvalue weighted by Gasteiger charge is -2.14. The number of aromatic hydroxyl groups is 1. The van der Waals surface area contributed by atoms with Gasteiger partial charge in [-0.05, 0) is 48.6 Å². The molecule has 1 atom stereocenters. The first-order chi connectivity index (χ1) is 13.0. The number of aromatic amines is 1. The number of hydrogen-bond acceptors (Lipinski definition) is 5. The van der Waals surface area contributed by atoms with Gasteiger partial charge in [-0.1, -0.05) is 49.4 Å². The standard InChI is InChI=1S/C21H26N2O3S/c1-3-14-6-5-13(11-15(14)4-2)9-10-22-12-18(25)16-7-8-17(24)19-20(16)27-21(26)23-19/h5-8,11,18,22,24-25H,3-4,9-10,12H2,1-2H3,(H,23,26)/t18-/m0/s1. The highest BCUT2D eigenvalue weighted by atomic mass is 32.1. The van der Waals surface area contributed by atoms with Gasteiger partial charge in [0.2, 0.25) is 0 Å². The molecule has 27 heavy (non-hydrogen) atoms. The summed E-state index contributed by atoms with van der Waals surface area (Å²) in [7, 11) is 0. The highest BCUT2D eigenvalue weighted by Crippen LogP contribution is 2.31. The molecule has 3 aromatic rings. The summed E-state index contributed by atoms with van der Waals surface area (Å²) >= 11 is 1.01. The van der Waals surface area contributed by atoms with E-state index in [1.54, 1.807) is 6.07 Å². The average molecular weight is 387 g/mol. The minimum Gasteiger partial charge on any atom is -0.506 e. The van der Waals surface area contributed by atoms with Crippen LogP contribution in [0.4, 0.5) is 0 Å². The van der Waals surface area contributed by atoms with Crippen LogP contribution in [-0.4, -0.2) is 28.3 Å². The maximum absolute atomic E-state index is 11.6. The molecule has 0 unspecified atom stereocenters. The van der Waals surface area contributed by atoms with Gasteiger partial charge in [0, 0.05) is 12.1 Å². The van der Waals surface area contributed by atoms with Gasteiger partial charge in [0.15, 0.2) is 0 Å². The van der Waals surface area contributed by atoms with Crippen molar-refractivity contribution in [1.82, 2.24) is 10.3 Å². The van der Waals surface area contributed by atoms with E-state index in [1.807, 2.05) is 0 Å². The van der Waals surface area contributed by atoms with E-state index < -0.39 is 6.10 Å². The molecule has 6 heteroatoms. The second-order valence-corrected chi connectivity index (χ2v) is 7.66. The molecule has 0 spiro atoms. The number of hydrogen-bond donors (Lipinski definition) is 4. The first kappa shape index (κ1) is 19.6. The minimum atomic E-state index is -0.742. The van der Waals surface area contributed by atoms with E-state index in [4.69, 9.17) is 0 Å². The second kappa shape index (κ2) is 8.69. The van der Waals surface area contributed by atoms with Crippen LogP contribution in [0.1, 0.15) is 42.2 Å². The first-order valence-electron chi connectivity index (χ1n) is 9.37. The fraction of sp³-hybridized carbons (Fsp3) is 0.381. The Kier molecular flexibility index (Phi) is 6.31. The summed E-state index contributed by atoms with van der Waals surface area (Å²) in [6, 6.07) is 9.84. The number of aliphatic hydroxyl groups is 1. The fourth-order valence-electron chi connectivity index (χ4n) is 3.39. The highest BCUT2D eigenvalue weighted by Gasteiger charge is 2.15. The van der Waals surface area contributed by atoms with Crippen molar-refractivity contribution < 1.29 is 10.2 Å². The van der Waals surface area contributed by atoms with E-state index in [-0.39, 0.29) is 10.6 Å². The number of rotatable bonds is 8. The third-order valence-corrected chi connectivity index (χ3v) is 5.84. The average Bonchev–Trinajstić information content (AvgIpc) is 3.07. The van der Waals surface area contributed by atoms with Gasteiger partial charge in [-0.2, -0.15) is 0 Å². The monoisotopic (exact) mass is 386 g/mol. The van der Waals surface area contributed by atoms with Crippen LogP contribution in [0.5, 0.6) is 5.75 Å². The van der Waals surface area contributed by atoms with Gasteiger partial charge >= 0.3 is 4.87 Å². The molecule has 0 bridgehead atoms. The van der Waals surface area contributed by atoms with Crippen molar-refractivity contribution in [3.8, 4) is 5.75 Å². The summed E-state index contributed by atoms with van der Waals surface area (Å²) in [6.45, 7) is 5.51. The lowest BCUT2D eigenvalue weighted by atomic mass is 9.99. The van der Waals surface area contributed by atoms with Gasteiger partial charge in [-0.3, -0.25) is 4.79 Å². The van der Waals surface area contributed by atoms with Crippen LogP contribution in [0.25, 0.3) is 10.2 Å². The van der Waals surface area contributed by atoms with Crippen LogP contribution in [0, 0.1) is 0 Å². The Morgan fingerprint density at radius 3 is 2.67 bits per heavy atom. The Hall–Kier alpha value is -2.15. The van der Waals surface area contributed by atoms with Crippen LogP contribution >= 0.6 is 11.3 Å². The van der Waals surface area contributed by atoms with Crippen molar-refractivity contribution in [3.05, 3.63) is 62.3 Å². The Labute approximate surface area is 162 Å². The second-order valence-electron chi connectivity index (χ2n) is 6.67. The number of aliphatic hydroxyl groups excluding tert-OH is 1. The van der Waals surface area contributed by atoms with Gasteiger partial charge in [0.05, 0.1) is 10.8 Å². The van der Waals surface area contributed by atoms with E-state index in [0.717, 1.165) is 37.1 Å². The molecule has 1 heterocycles. The number of fused-ring (bicyclic) bond motifs is 1. The largest absolute Gasteiger partial charge is 0.506 e. The number of H-pyrrole nitrogens is 1. The van der Waals surface area contributed by atoms with Gasteiger partial charge in [-0.25, -0.2) is 0 Å². The summed E-state index contributed by atoms with van der Waals surface area (Å²) in [4.78, 5) is 14.0. The molecule has 0 amide bonds. The Balaban J connectivity index is 1.60. The fourth-order valence-corrected chi connectivity index (χ4v) is 4.31. The number of nitrogens with one attached hydrogen (secondary N) is 2. The molecule has 0 saturated carbocycles. The van der Waals surface area contributed by atoms with Crippen LogP contribution < -0.4 is 10.2 Å². The normalized spacial score (nSPS) is 12.6. The van der Waals surface area contributed by atoms with Crippen LogP contribution in [0.2, 0.25) is 0 Å². The van der Waals surface area contributed by atoms with Crippen LogP contribution in [0.3, 0.4) is 0 Å². The Morgan fingerprint density at radius 2 is 1.93 bits per heavy atom. The molecule has 0 saturated heterocycles. The van der Waals surface area contributed by atoms with Crippen LogP contribution in [0.15, 0.2) is 35.1 Å². The number of phenolic OH excluding ortho intramolecular Hbond substituents is 1. The zero-order chi connectivity index (χ0) is 19.4. The Bertz CT molecular complexity index is 977. The predicted octanol–water partition coefficient (Wildman–Crippen LogP) is 3.29. The molecule has 4 N–H and O–H groups in total. The van der Waals surface area contributed by atoms with Gasteiger partial charge < -0.3 is 20.5 Å². The molecule has 5 nitrogen and oxygen atoms in total. The molecule has 2 aromatic carbocycles. The number of aryl methyl sites for hydroxylation is 2. The third-order valence-electron chi connectivity index (χ3n) is 4.91. The van der Waals surface area contributed by atoms with Gasteiger partial charge in [-0.15, -0.1) is 0 Å². The number of phenols is 1. The molecule has 1 aromatic heterocycles. The lowest BCUT2D eigenvalue weighted by Crippen LogP contribution is -2.23. The zero-order valence-electron chi connectivity index (χ0n) is 15.7. The van der Waals surface area contributed by atoms with E-state index >= 15 is 0 Å². The molecule has 0 radical (unpaired) electrons. The number of thiazole rings is 1. The smallest absolute Gasteiger partial charge is 0.305 e. The van der Waals surface area contributed by atoms with E-state index in [9.17, 15) is 15.0 Å². The molecule has 0 fully saturated rings. The van der Waals surface area contributed by atoms with Crippen LogP contribution in [-0.2, 0) is 19.3 Å². The third kappa shape index (κ3) is 4.40. The van der Waals surface area contributed by atoms with Gasteiger partial charge in [0.1, 0.15) is 11.3 Å². The summed E-state index contributed by atoms with van der Waals surface area (Å²) in [6.07, 6.45) is 2.25. The molecule has 0 aliphatic heterocycles. The molecule has 0 aliphatic carbocycles. The predicted molar refractivity (Wildman–Crippen MR) is 111 cm³/mol. The Morgan fingerprint density at radius 1 is 1.15 bits per heavy atom. The van der Waals surface area contributed by atoms with E-state index in [1.165, 1.54) is 22.8 Å². The first-order valence-corrected chi connectivity index (χ1v) is 10.2. The van der Waals surface area contributed by atoms with Crippen molar-refractivity contribution in [2.24, 2.45) is 0 Å². The molecule has 144 valence electrons. The minimum absolute atomic E-state index is 0.0227. The topological polar surface area (TPSA) is 85.3 Å². The lowest BCUT2D eigenvalue weighted by molar-refractivity contribution is 0.176. The van der Waals surface area contributed by atoms with Crippen molar-refractivity contribution in [2.75, 3.05) is 13.1 Å². The molecule has 3 rings (SSSR count). The van der Waals surface area contributed by atoms with Crippen molar-refractivity contribution >= 4 is 21.6 Å². The SMILES string of the molecule is CCc1ccc(CCNC[C@H](O)c2ccc(O)c3[nH]c(=O)sc23)cc1CC. The number of aromatic nitrogens is 1. The molecular formula is C21H26N2O3S. The number of benzene rings is 2. The quantitative estimate of drug-likeness (QED) is 0.448. The molecule has 0 aliphatic rings. The summed E-state index contributed by atoms with van der Waals surface area (Å²) < 4.78 is 0.608. The van der Waals surface area contributed by atoms with E-state index in [0.29, 0.717) is 22.3 Å². The summed E-state index contributed by atoms with van der Waals surface area (Å²) in [5, 5.41) is 23.7. The van der Waals surface area contributed by atoms with Gasteiger partial charge in [0.25, 0.3) is 0 Å². The highest BCUT2D eigenvalue weighted by molar-refractivity contribution is 7.16. The maximum Gasteiger partial charge on any atom is 0.305 e. The van der Waals surface area contributed by atoms with Crippen molar-refractivity contribution in [2.45, 2.75) is 39.2 Å². The van der Waals surface area contributed by atoms with Crippen molar-refractivity contribution in [1.29, 1.82) is 0 Å².